The summed E-state index contributed by atoms with van der Waals surface area (Å²) in [6.45, 7) is 1.62. The van der Waals surface area contributed by atoms with Gasteiger partial charge in [-0.2, -0.15) is 5.10 Å². The Balaban J connectivity index is 1.97. The molecule has 8 nitrogen and oxygen atoms in total. The number of hydrogen-bond acceptors (Lipinski definition) is 6. The zero-order valence-electron chi connectivity index (χ0n) is 13.1. The molecule has 2 heterocycles. The number of amides is 1. The van der Waals surface area contributed by atoms with Gasteiger partial charge in [-0.1, -0.05) is 11.3 Å². The third kappa shape index (κ3) is 2.74. The number of aromatic nitrogens is 3. The van der Waals surface area contributed by atoms with E-state index in [0.717, 1.165) is 11.3 Å². The van der Waals surface area contributed by atoms with Gasteiger partial charge in [-0.05, 0) is 25.1 Å². The first-order chi connectivity index (χ1) is 11.2. The van der Waals surface area contributed by atoms with E-state index in [4.69, 9.17) is 0 Å². The number of carbonyl (C=O) groups excluding carboxylic acids is 1. The van der Waals surface area contributed by atoms with Crippen LogP contribution >= 0.6 is 11.3 Å². The van der Waals surface area contributed by atoms with E-state index in [2.05, 4.69) is 5.10 Å². The molecule has 0 aliphatic carbocycles. The molecule has 0 spiro atoms. The molecule has 0 radical (unpaired) electrons. The molecular formula is C14H14N4O4S2. The number of thiazole rings is 1. The molecule has 0 fully saturated rings. The van der Waals surface area contributed by atoms with Gasteiger partial charge in [-0.25, -0.2) is 13.1 Å². The van der Waals surface area contributed by atoms with Crippen LogP contribution in [-0.2, 0) is 24.1 Å². The van der Waals surface area contributed by atoms with Gasteiger partial charge in [0, 0.05) is 20.3 Å². The summed E-state index contributed by atoms with van der Waals surface area (Å²) in [5.74, 6) is -0.748. The molecule has 1 amide bonds. The average molecular weight is 366 g/mol. The Morgan fingerprint density at radius 3 is 2.62 bits per heavy atom. The lowest BCUT2D eigenvalue weighted by Gasteiger charge is -2.06. The minimum absolute atomic E-state index is 0.0771. The van der Waals surface area contributed by atoms with Crippen molar-refractivity contribution in [2.24, 2.45) is 14.1 Å². The van der Waals surface area contributed by atoms with Crippen LogP contribution in [0.3, 0.4) is 0 Å². The lowest BCUT2D eigenvalue weighted by atomic mass is 10.2. The van der Waals surface area contributed by atoms with Crippen molar-refractivity contribution in [2.45, 2.75) is 11.8 Å². The van der Waals surface area contributed by atoms with Gasteiger partial charge in [0.25, 0.3) is 15.9 Å². The maximum absolute atomic E-state index is 12.4. The first-order valence-electron chi connectivity index (χ1n) is 6.86. The molecule has 10 heteroatoms. The van der Waals surface area contributed by atoms with Crippen LogP contribution in [0.25, 0.3) is 10.2 Å². The van der Waals surface area contributed by atoms with Crippen LogP contribution in [0.4, 0.5) is 0 Å². The molecule has 0 atom stereocenters. The van der Waals surface area contributed by atoms with Crippen LogP contribution in [0.15, 0.2) is 34.1 Å². The number of nitrogens with one attached hydrogen (secondary N) is 1. The summed E-state index contributed by atoms with van der Waals surface area (Å²) in [6.07, 6.45) is 1.45. The maximum Gasteiger partial charge on any atom is 0.307 e. The van der Waals surface area contributed by atoms with Crippen LogP contribution in [0.2, 0.25) is 0 Å². The van der Waals surface area contributed by atoms with E-state index < -0.39 is 15.9 Å². The number of benzene rings is 1. The Kier molecular flexibility index (Phi) is 3.80. The van der Waals surface area contributed by atoms with Gasteiger partial charge in [0.2, 0.25) is 0 Å². The predicted molar refractivity (Wildman–Crippen MR) is 89.7 cm³/mol. The van der Waals surface area contributed by atoms with Crippen LogP contribution in [-0.4, -0.2) is 28.7 Å². The van der Waals surface area contributed by atoms with Gasteiger partial charge in [0.1, 0.15) is 0 Å². The Morgan fingerprint density at radius 2 is 2.00 bits per heavy atom. The second-order valence-electron chi connectivity index (χ2n) is 5.29. The van der Waals surface area contributed by atoms with Crippen molar-refractivity contribution in [1.82, 2.24) is 19.1 Å². The highest BCUT2D eigenvalue weighted by molar-refractivity contribution is 7.90. The Morgan fingerprint density at radius 1 is 1.29 bits per heavy atom. The van der Waals surface area contributed by atoms with Gasteiger partial charge in [0.15, 0.2) is 0 Å². The van der Waals surface area contributed by atoms with Crippen LogP contribution < -0.4 is 9.60 Å². The highest BCUT2D eigenvalue weighted by Gasteiger charge is 2.22. The van der Waals surface area contributed by atoms with Gasteiger partial charge in [-0.3, -0.25) is 14.3 Å². The fraction of sp³-hybridized carbons (Fsp3) is 0.214. The zero-order chi connectivity index (χ0) is 17.6. The van der Waals surface area contributed by atoms with Crippen molar-refractivity contribution in [3.8, 4) is 0 Å². The summed E-state index contributed by atoms with van der Waals surface area (Å²) < 4.78 is 30.3. The predicted octanol–water partition coefficient (Wildman–Crippen LogP) is 0.761. The summed E-state index contributed by atoms with van der Waals surface area (Å²) in [5, 5.41) is 4.01. The van der Waals surface area contributed by atoms with E-state index in [1.165, 1.54) is 27.6 Å². The number of rotatable bonds is 3. The Labute approximate surface area is 141 Å². The third-order valence-electron chi connectivity index (χ3n) is 3.56. The van der Waals surface area contributed by atoms with Crippen molar-refractivity contribution in [2.75, 3.05) is 0 Å². The normalized spacial score (nSPS) is 11.8. The minimum Gasteiger partial charge on any atom is -0.302 e. The Bertz CT molecular complexity index is 1120. The number of nitrogens with zero attached hydrogens (tertiary/aromatic N) is 3. The highest BCUT2D eigenvalue weighted by Crippen LogP contribution is 2.21. The van der Waals surface area contributed by atoms with Crippen molar-refractivity contribution >= 4 is 37.5 Å². The molecule has 3 aromatic rings. The first-order valence-corrected chi connectivity index (χ1v) is 9.16. The van der Waals surface area contributed by atoms with E-state index in [1.54, 1.807) is 27.1 Å². The SMILES string of the molecule is Cc1nn(C)cc1C(=O)NS(=O)(=O)c1ccc2c(c1)sc(=O)n2C. The molecule has 0 saturated heterocycles. The van der Waals surface area contributed by atoms with Crippen molar-refractivity contribution in [3.05, 3.63) is 45.3 Å². The van der Waals surface area contributed by atoms with E-state index in [1.807, 2.05) is 4.72 Å². The van der Waals surface area contributed by atoms with Gasteiger partial charge in [0.05, 0.1) is 26.4 Å². The molecule has 0 bridgehead atoms. The summed E-state index contributed by atoms with van der Waals surface area (Å²) in [7, 11) is -0.796. The molecule has 0 unspecified atom stereocenters. The summed E-state index contributed by atoms with van der Waals surface area (Å²) in [6, 6.07) is 4.29. The van der Waals surface area contributed by atoms with Crippen LogP contribution in [0, 0.1) is 6.92 Å². The molecule has 2 aromatic heterocycles. The van der Waals surface area contributed by atoms with E-state index >= 15 is 0 Å². The second kappa shape index (κ2) is 5.56. The number of carbonyl (C=O) groups is 1. The van der Waals surface area contributed by atoms with Crippen molar-refractivity contribution in [1.29, 1.82) is 0 Å². The number of hydrogen-bond donors (Lipinski definition) is 1. The molecule has 24 heavy (non-hydrogen) atoms. The van der Waals surface area contributed by atoms with Gasteiger partial charge in [-0.15, -0.1) is 0 Å². The highest BCUT2D eigenvalue weighted by atomic mass is 32.2. The van der Waals surface area contributed by atoms with E-state index in [0.29, 0.717) is 15.9 Å². The minimum atomic E-state index is -4.05. The van der Waals surface area contributed by atoms with Crippen molar-refractivity contribution < 1.29 is 13.2 Å². The second-order valence-corrected chi connectivity index (χ2v) is 7.97. The molecule has 0 aliphatic heterocycles. The average Bonchev–Trinajstić information content (AvgIpc) is 2.98. The smallest absolute Gasteiger partial charge is 0.302 e. The Hall–Kier alpha value is -2.46. The summed E-state index contributed by atoms with van der Waals surface area (Å²) in [4.78, 5) is 23.6. The topological polar surface area (TPSA) is 103 Å². The fourth-order valence-electron chi connectivity index (χ4n) is 2.34. The maximum atomic E-state index is 12.4. The van der Waals surface area contributed by atoms with Crippen molar-refractivity contribution in [3.63, 3.8) is 0 Å². The number of sulfonamides is 1. The fourth-order valence-corrected chi connectivity index (χ4v) is 4.33. The van der Waals surface area contributed by atoms with Gasteiger partial charge < -0.3 is 4.57 Å². The van der Waals surface area contributed by atoms with Crippen LogP contribution in [0.1, 0.15) is 16.1 Å². The molecular weight excluding hydrogens is 352 g/mol. The van der Waals surface area contributed by atoms with E-state index in [9.17, 15) is 18.0 Å². The van der Waals surface area contributed by atoms with Crippen LogP contribution in [0.5, 0.6) is 0 Å². The molecule has 126 valence electrons. The third-order valence-corrected chi connectivity index (χ3v) is 5.88. The summed E-state index contributed by atoms with van der Waals surface area (Å²) >= 11 is 0.947. The molecule has 3 rings (SSSR count). The van der Waals surface area contributed by atoms with E-state index in [-0.39, 0.29) is 15.3 Å². The molecule has 0 saturated carbocycles. The molecule has 1 aromatic carbocycles. The quantitative estimate of drug-likeness (QED) is 0.737. The molecule has 0 aliphatic rings. The zero-order valence-corrected chi connectivity index (χ0v) is 14.7. The number of aryl methyl sites for hydroxylation is 3. The summed E-state index contributed by atoms with van der Waals surface area (Å²) in [5.41, 5.74) is 1.26. The number of fused-ring (bicyclic) bond motifs is 1. The lowest BCUT2D eigenvalue weighted by Crippen LogP contribution is -2.30. The monoisotopic (exact) mass is 366 g/mol. The lowest BCUT2D eigenvalue weighted by molar-refractivity contribution is 0.0980. The first kappa shape index (κ1) is 16.4. The molecule has 1 N–H and O–H groups in total. The standard InChI is InChI=1S/C14H14N4O4S2/c1-8-10(7-17(2)15-8)13(19)16-24(21,22)9-4-5-11-12(6-9)23-14(20)18(11)3/h4-7H,1-3H3,(H,16,19). The van der Waals surface area contributed by atoms with Gasteiger partial charge >= 0.3 is 4.87 Å². The largest absolute Gasteiger partial charge is 0.307 e.